The van der Waals surface area contributed by atoms with Crippen molar-refractivity contribution >= 4 is 35.0 Å². The minimum absolute atomic E-state index is 0.0198. The highest BCUT2D eigenvalue weighted by Gasteiger charge is 2.31. The minimum atomic E-state index is -1.01. The summed E-state index contributed by atoms with van der Waals surface area (Å²) in [4.78, 5) is 46.8. The lowest BCUT2D eigenvalue weighted by Gasteiger charge is -2.20. The molecular weight excluding hydrogens is 350 g/mol. The van der Waals surface area contributed by atoms with Gasteiger partial charge in [-0.25, -0.2) is 9.98 Å². The Labute approximate surface area is 154 Å². The van der Waals surface area contributed by atoms with Crippen LogP contribution in [0, 0.1) is 5.92 Å². The van der Waals surface area contributed by atoms with Crippen LogP contribution in [0.15, 0.2) is 35.6 Å². The molecule has 1 aromatic heterocycles. The van der Waals surface area contributed by atoms with Gasteiger partial charge in [0.25, 0.3) is 5.91 Å². The molecule has 3 rings (SSSR count). The lowest BCUT2D eigenvalue weighted by Crippen LogP contribution is -2.39. The van der Waals surface area contributed by atoms with Crippen molar-refractivity contribution in [2.75, 3.05) is 11.9 Å². The monoisotopic (exact) mass is 369 g/mol. The van der Waals surface area contributed by atoms with Crippen LogP contribution >= 0.6 is 0 Å². The summed E-state index contributed by atoms with van der Waals surface area (Å²) in [5, 5.41) is 14.3. The quantitative estimate of drug-likeness (QED) is 0.584. The topological polar surface area (TPSA) is 137 Å². The molecule has 1 amide bonds. The number of aliphatic carboxylic acids is 1. The van der Waals surface area contributed by atoms with Gasteiger partial charge in [0.15, 0.2) is 11.7 Å². The Bertz CT molecular complexity index is 904. The number of H-pyrrole nitrogens is 1. The molecule has 0 spiro atoms. The van der Waals surface area contributed by atoms with Crippen molar-refractivity contribution in [1.82, 2.24) is 15.3 Å². The molecule has 0 bridgehead atoms. The summed E-state index contributed by atoms with van der Waals surface area (Å²) in [7, 11) is 0. The number of carbonyl (C=O) groups excluding carboxylic acids is 2. The minimum Gasteiger partial charge on any atom is -0.481 e. The lowest BCUT2D eigenvalue weighted by atomic mass is 9.89. The maximum absolute atomic E-state index is 12.6. The van der Waals surface area contributed by atoms with E-state index in [9.17, 15) is 14.4 Å². The zero-order valence-electron chi connectivity index (χ0n) is 14.7. The Hall–Kier alpha value is -3.49. The van der Waals surface area contributed by atoms with Crippen LogP contribution in [0.5, 0.6) is 0 Å². The molecule has 4 N–H and O–H groups in total. The normalized spacial score (nSPS) is 15.7. The molecule has 1 aliphatic heterocycles. The Morgan fingerprint density at radius 2 is 2.15 bits per heavy atom. The van der Waals surface area contributed by atoms with Crippen molar-refractivity contribution in [2.45, 2.75) is 19.9 Å². The summed E-state index contributed by atoms with van der Waals surface area (Å²) in [5.74, 6) is -1.78. The van der Waals surface area contributed by atoms with Crippen LogP contribution < -0.4 is 10.6 Å². The molecule has 9 nitrogen and oxygen atoms in total. The highest BCUT2D eigenvalue weighted by Crippen LogP contribution is 2.30. The average molecular weight is 369 g/mol. The maximum atomic E-state index is 12.6. The van der Waals surface area contributed by atoms with Crippen LogP contribution in [-0.4, -0.2) is 45.0 Å². The second-order valence-corrected chi connectivity index (χ2v) is 6.13. The van der Waals surface area contributed by atoms with Crippen molar-refractivity contribution in [3.8, 4) is 0 Å². The van der Waals surface area contributed by atoms with Crippen molar-refractivity contribution in [2.24, 2.45) is 10.9 Å². The fourth-order valence-electron chi connectivity index (χ4n) is 2.74. The number of rotatable bonds is 7. The zero-order chi connectivity index (χ0) is 19.4. The number of nitrogens with one attached hydrogen (secondary N) is 3. The number of aromatic amines is 1. The summed E-state index contributed by atoms with van der Waals surface area (Å²) in [6.07, 6.45) is 3.14. The molecule has 0 unspecified atom stereocenters. The molecule has 1 atom stereocenters. The predicted molar refractivity (Wildman–Crippen MR) is 98.2 cm³/mol. The van der Waals surface area contributed by atoms with E-state index in [1.165, 1.54) is 0 Å². The number of imidazole rings is 1. The summed E-state index contributed by atoms with van der Waals surface area (Å²) >= 11 is 0. The van der Waals surface area contributed by atoms with E-state index in [1.807, 2.05) is 6.07 Å². The van der Waals surface area contributed by atoms with E-state index in [4.69, 9.17) is 5.11 Å². The van der Waals surface area contributed by atoms with Crippen molar-refractivity contribution in [3.63, 3.8) is 0 Å². The van der Waals surface area contributed by atoms with Crippen LogP contribution in [0.3, 0.4) is 0 Å². The number of benzene rings is 1. The van der Waals surface area contributed by atoms with Crippen LogP contribution in [0.25, 0.3) is 0 Å². The summed E-state index contributed by atoms with van der Waals surface area (Å²) < 4.78 is 0. The van der Waals surface area contributed by atoms with E-state index in [2.05, 4.69) is 25.6 Å². The third kappa shape index (κ3) is 4.20. The molecule has 1 aromatic carbocycles. The van der Waals surface area contributed by atoms with Gasteiger partial charge in [-0.15, -0.1) is 0 Å². The number of carboxylic acid groups (broad SMARTS) is 1. The molecule has 0 saturated carbocycles. The molecule has 0 aliphatic carbocycles. The number of Topliss-reactive ketones (excluding diaryl/α,β-unsaturated/α-hetero) is 1. The Morgan fingerprint density at radius 1 is 1.33 bits per heavy atom. The van der Waals surface area contributed by atoms with Crippen molar-refractivity contribution in [1.29, 1.82) is 0 Å². The van der Waals surface area contributed by atoms with E-state index in [-0.39, 0.29) is 24.5 Å². The number of aliphatic imine (C=N–C) groups is 1. The largest absolute Gasteiger partial charge is 0.481 e. The first-order valence-electron chi connectivity index (χ1n) is 8.44. The Kier molecular flexibility index (Phi) is 5.30. The number of fused-ring (bicyclic) bond motifs is 1. The van der Waals surface area contributed by atoms with E-state index in [0.29, 0.717) is 23.7 Å². The fraction of sp³-hybridized carbons (Fsp3) is 0.278. The Morgan fingerprint density at radius 3 is 2.85 bits per heavy atom. The number of ketones is 1. The molecule has 9 heteroatoms. The van der Waals surface area contributed by atoms with Gasteiger partial charge in [-0.1, -0.05) is 6.07 Å². The number of aromatic nitrogens is 2. The number of carbonyl (C=O) groups is 3. The first kappa shape index (κ1) is 18.3. The molecular formula is C18H19N5O4. The number of hydrogen-bond donors (Lipinski definition) is 4. The lowest BCUT2D eigenvalue weighted by molar-refractivity contribution is -0.136. The van der Waals surface area contributed by atoms with Crippen LogP contribution in [0.4, 0.5) is 11.6 Å². The number of anilines is 1. The molecule has 0 fully saturated rings. The van der Waals surface area contributed by atoms with E-state index in [0.717, 1.165) is 5.56 Å². The highest BCUT2D eigenvalue weighted by atomic mass is 16.4. The first-order chi connectivity index (χ1) is 13.0. The number of nitrogens with zero attached hydrogens (tertiary/aromatic N) is 2. The standard InChI is InChI=1S/C18H19N5O4/c1-10-15(17(27)19-5-4-14(24)25)23-13-8-11(2-3-12(13)16(10)26)9-22-18-20-6-7-21-18/h2-3,6-8,10H,4-5,9H2,1H3,(H,19,27)(H,24,25)(H2,20,21,22)/t10-/m0/s1. The summed E-state index contributed by atoms with van der Waals surface area (Å²) in [6.45, 7) is 2.07. The summed E-state index contributed by atoms with van der Waals surface area (Å²) in [5.41, 5.74) is 1.86. The number of hydrogen-bond acceptors (Lipinski definition) is 6. The van der Waals surface area contributed by atoms with Gasteiger partial charge >= 0.3 is 5.97 Å². The maximum Gasteiger partial charge on any atom is 0.305 e. The van der Waals surface area contributed by atoms with E-state index < -0.39 is 17.8 Å². The second kappa shape index (κ2) is 7.81. The smallest absolute Gasteiger partial charge is 0.305 e. The van der Waals surface area contributed by atoms with Gasteiger partial charge < -0.3 is 20.7 Å². The van der Waals surface area contributed by atoms with Crippen LogP contribution in [0.1, 0.15) is 29.3 Å². The molecule has 140 valence electrons. The van der Waals surface area contributed by atoms with E-state index >= 15 is 0 Å². The molecule has 1 aliphatic rings. The molecule has 2 aromatic rings. The number of carboxylic acids is 1. The third-order valence-corrected chi connectivity index (χ3v) is 4.19. The summed E-state index contributed by atoms with van der Waals surface area (Å²) in [6, 6.07) is 5.28. The molecule has 0 radical (unpaired) electrons. The molecule has 0 saturated heterocycles. The molecule has 27 heavy (non-hydrogen) atoms. The second-order valence-electron chi connectivity index (χ2n) is 6.13. The zero-order valence-corrected chi connectivity index (χ0v) is 14.7. The van der Waals surface area contributed by atoms with Gasteiger partial charge in [0.2, 0.25) is 0 Å². The van der Waals surface area contributed by atoms with Gasteiger partial charge in [0.1, 0.15) is 5.71 Å². The average Bonchev–Trinajstić information content (AvgIpc) is 3.16. The first-order valence-corrected chi connectivity index (χ1v) is 8.44. The van der Waals surface area contributed by atoms with Gasteiger partial charge in [-0.2, -0.15) is 0 Å². The Balaban J connectivity index is 1.78. The van der Waals surface area contributed by atoms with Gasteiger partial charge in [0, 0.05) is 31.0 Å². The predicted octanol–water partition coefficient (Wildman–Crippen LogP) is 1.52. The SMILES string of the molecule is C[C@@H]1C(=O)c2ccc(CNc3ncc[nH]3)cc2N=C1C(=O)NCCC(=O)O. The van der Waals surface area contributed by atoms with Crippen molar-refractivity contribution < 1.29 is 19.5 Å². The fourth-order valence-corrected chi connectivity index (χ4v) is 2.74. The van der Waals surface area contributed by atoms with E-state index in [1.54, 1.807) is 31.5 Å². The highest BCUT2D eigenvalue weighted by molar-refractivity contribution is 6.45. The van der Waals surface area contributed by atoms with Gasteiger partial charge in [0.05, 0.1) is 18.0 Å². The third-order valence-electron chi connectivity index (χ3n) is 4.19. The van der Waals surface area contributed by atoms with Crippen LogP contribution in [-0.2, 0) is 16.1 Å². The van der Waals surface area contributed by atoms with Gasteiger partial charge in [-0.05, 0) is 24.6 Å². The molecule has 2 heterocycles. The van der Waals surface area contributed by atoms with Gasteiger partial charge in [-0.3, -0.25) is 14.4 Å². The van der Waals surface area contributed by atoms with Crippen LogP contribution in [0.2, 0.25) is 0 Å². The van der Waals surface area contributed by atoms with Crippen molar-refractivity contribution in [3.05, 3.63) is 41.7 Å². The number of amides is 1.